The lowest BCUT2D eigenvalue weighted by Crippen LogP contribution is -2.31. The summed E-state index contributed by atoms with van der Waals surface area (Å²) in [5.74, 6) is 0.0549. The van der Waals surface area contributed by atoms with Gasteiger partial charge in [0, 0.05) is 17.2 Å². The lowest BCUT2D eigenvalue weighted by molar-refractivity contribution is 0.103. The van der Waals surface area contributed by atoms with Crippen LogP contribution in [0.25, 0.3) is 0 Å². The Morgan fingerprint density at radius 1 is 1.03 bits per heavy atom. The van der Waals surface area contributed by atoms with Crippen LogP contribution in [0.1, 0.15) is 53.7 Å². The quantitative estimate of drug-likeness (QED) is 0.607. The van der Waals surface area contributed by atoms with E-state index in [0.29, 0.717) is 17.5 Å². The van der Waals surface area contributed by atoms with Crippen LogP contribution in [0.2, 0.25) is 0 Å². The first-order valence-electron chi connectivity index (χ1n) is 9.87. The van der Waals surface area contributed by atoms with Crippen LogP contribution in [0.3, 0.4) is 0 Å². The fraction of sp³-hybridized carbons (Fsp3) is 0.409. The average molecular weight is 437 g/mol. The molecule has 0 bridgehead atoms. The molecule has 0 saturated carbocycles. The van der Waals surface area contributed by atoms with E-state index < -0.39 is 10.0 Å². The number of nitrogens with one attached hydrogen (secondary N) is 1. The zero-order valence-electron chi connectivity index (χ0n) is 16.7. The van der Waals surface area contributed by atoms with Gasteiger partial charge in [-0.15, -0.1) is 12.4 Å². The first-order chi connectivity index (χ1) is 13.4. The number of nitrogens with zero attached hydrogens (tertiary/aromatic N) is 1. The predicted octanol–water partition coefficient (Wildman–Crippen LogP) is 3.81. The van der Waals surface area contributed by atoms with Crippen LogP contribution in [0.5, 0.6) is 0 Å². The minimum atomic E-state index is -3.37. The van der Waals surface area contributed by atoms with Crippen molar-refractivity contribution in [2.75, 3.05) is 25.4 Å². The van der Waals surface area contributed by atoms with Crippen LogP contribution < -0.4 is 4.72 Å². The monoisotopic (exact) mass is 436 g/mol. The van der Waals surface area contributed by atoms with Gasteiger partial charge in [0.1, 0.15) is 0 Å². The lowest BCUT2D eigenvalue weighted by atomic mass is 9.99. The van der Waals surface area contributed by atoms with Crippen molar-refractivity contribution in [2.24, 2.45) is 0 Å². The van der Waals surface area contributed by atoms with Crippen molar-refractivity contribution in [3.63, 3.8) is 0 Å². The van der Waals surface area contributed by atoms with E-state index in [9.17, 15) is 13.2 Å². The Morgan fingerprint density at radius 3 is 2.38 bits per heavy atom. The Balaban J connectivity index is 0.00000300. The Hall–Kier alpha value is -1.73. The number of carbonyl (C=O) groups excluding carboxylic acids is 1. The van der Waals surface area contributed by atoms with Gasteiger partial charge < -0.3 is 4.90 Å². The maximum atomic E-state index is 12.6. The highest BCUT2D eigenvalue weighted by atomic mass is 35.5. The van der Waals surface area contributed by atoms with E-state index in [1.807, 2.05) is 31.2 Å². The molecule has 1 heterocycles. The van der Waals surface area contributed by atoms with E-state index in [1.54, 1.807) is 30.3 Å². The molecule has 0 unspecified atom stereocenters. The van der Waals surface area contributed by atoms with E-state index in [2.05, 4.69) is 9.62 Å². The molecule has 29 heavy (non-hydrogen) atoms. The van der Waals surface area contributed by atoms with Gasteiger partial charge in [-0.05, 0) is 57.5 Å². The fourth-order valence-corrected chi connectivity index (χ4v) is 4.89. The molecular formula is C22H29ClN2O3S. The molecule has 1 fully saturated rings. The van der Waals surface area contributed by atoms with E-state index >= 15 is 0 Å². The molecule has 0 spiro atoms. The number of benzene rings is 2. The molecule has 158 valence electrons. The number of carbonyl (C=O) groups is 1. The van der Waals surface area contributed by atoms with Crippen LogP contribution >= 0.6 is 12.4 Å². The molecule has 1 N–H and O–H groups in total. The topological polar surface area (TPSA) is 66.5 Å². The number of ketones is 1. The first kappa shape index (κ1) is 23.5. The highest BCUT2D eigenvalue weighted by molar-refractivity contribution is 7.89. The summed E-state index contributed by atoms with van der Waals surface area (Å²) >= 11 is 0. The second-order valence-corrected chi connectivity index (χ2v) is 9.25. The van der Waals surface area contributed by atoms with Gasteiger partial charge in [0.15, 0.2) is 5.78 Å². The van der Waals surface area contributed by atoms with Gasteiger partial charge in [0.2, 0.25) is 10.0 Å². The summed E-state index contributed by atoms with van der Waals surface area (Å²) in [6.07, 6.45) is 3.05. The molecular weight excluding hydrogens is 408 g/mol. The van der Waals surface area contributed by atoms with Crippen LogP contribution in [-0.4, -0.2) is 44.5 Å². The van der Waals surface area contributed by atoms with Crippen LogP contribution in [0.4, 0.5) is 0 Å². The second kappa shape index (κ2) is 10.9. The zero-order valence-corrected chi connectivity index (χ0v) is 18.3. The predicted molar refractivity (Wildman–Crippen MR) is 119 cm³/mol. The second-order valence-electron chi connectivity index (χ2n) is 7.38. The first-order valence-corrected chi connectivity index (χ1v) is 11.5. The van der Waals surface area contributed by atoms with Gasteiger partial charge in [-0.2, -0.15) is 0 Å². The van der Waals surface area contributed by atoms with Crippen molar-refractivity contribution >= 4 is 28.2 Å². The minimum Gasteiger partial charge on any atom is -0.303 e. The van der Waals surface area contributed by atoms with E-state index in [1.165, 1.54) is 12.8 Å². The van der Waals surface area contributed by atoms with Gasteiger partial charge in [-0.25, -0.2) is 13.1 Å². The van der Waals surface area contributed by atoms with Crippen LogP contribution in [0, 0.1) is 0 Å². The minimum absolute atomic E-state index is 0. The summed E-state index contributed by atoms with van der Waals surface area (Å²) in [4.78, 5) is 14.9. The Kier molecular flexibility index (Phi) is 8.83. The summed E-state index contributed by atoms with van der Waals surface area (Å²) in [5.41, 5.74) is 1.96. The van der Waals surface area contributed by atoms with Crippen LogP contribution in [-0.2, 0) is 10.0 Å². The molecule has 7 heteroatoms. The molecule has 1 atom stereocenters. The summed E-state index contributed by atoms with van der Waals surface area (Å²) in [6, 6.07) is 15.9. The molecule has 1 saturated heterocycles. The summed E-state index contributed by atoms with van der Waals surface area (Å²) in [7, 11) is -3.37. The highest BCUT2D eigenvalue weighted by Crippen LogP contribution is 2.18. The molecule has 1 aliphatic rings. The molecule has 0 amide bonds. The van der Waals surface area contributed by atoms with Crippen molar-refractivity contribution in [1.82, 2.24) is 9.62 Å². The van der Waals surface area contributed by atoms with Crippen molar-refractivity contribution in [3.8, 4) is 0 Å². The third-order valence-corrected chi connectivity index (χ3v) is 6.67. The van der Waals surface area contributed by atoms with E-state index in [-0.39, 0.29) is 30.0 Å². The SMILES string of the molecule is C[C@@H](NS(=O)(=O)CCCN1CCCC1)c1cccc(C(=O)c2ccccc2)c1.Cl. The third-order valence-electron chi connectivity index (χ3n) is 5.13. The standard InChI is InChI=1S/C22H28N2O3S.ClH/c1-18(23-28(26,27)16-8-15-24-13-5-6-14-24)20-11-7-12-21(17-20)22(25)19-9-3-2-4-10-19;/h2-4,7,9-12,17-18,23H,5-6,8,13-16H2,1H3;1H/t18-;/m1./s1. The third kappa shape index (κ3) is 6.93. The van der Waals surface area contributed by atoms with E-state index in [0.717, 1.165) is 25.2 Å². The van der Waals surface area contributed by atoms with Gasteiger partial charge in [0.05, 0.1) is 5.75 Å². The number of likely N-dealkylation sites (tertiary alicyclic amines) is 1. The van der Waals surface area contributed by atoms with Crippen LogP contribution in [0.15, 0.2) is 54.6 Å². The van der Waals surface area contributed by atoms with Gasteiger partial charge >= 0.3 is 0 Å². The maximum Gasteiger partial charge on any atom is 0.212 e. The molecule has 3 rings (SSSR count). The van der Waals surface area contributed by atoms with Crippen molar-refractivity contribution in [2.45, 2.75) is 32.2 Å². The highest BCUT2D eigenvalue weighted by Gasteiger charge is 2.18. The Bertz CT molecular complexity index is 897. The van der Waals surface area contributed by atoms with Gasteiger partial charge in [-0.1, -0.05) is 48.5 Å². The number of halogens is 1. The molecule has 5 nitrogen and oxygen atoms in total. The summed E-state index contributed by atoms with van der Waals surface area (Å²) < 4.78 is 27.6. The molecule has 1 aliphatic heterocycles. The maximum absolute atomic E-state index is 12.6. The number of rotatable bonds is 9. The van der Waals surface area contributed by atoms with E-state index in [4.69, 9.17) is 0 Å². The number of hydrogen-bond donors (Lipinski definition) is 1. The zero-order chi connectivity index (χ0) is 20.0. The smallest absolute Gasteiger partial charge is 0.212 e. The number of hydrogen-bond acceptors (Lipinski definition) is 4. The van der Waals surface area contributed by atoms with Crippen molar-refractivity contribution < 1.29 is 13.2 Å². The summed E-state index contributed by atoms with van der Waals surface area (Å²) in [6.45, 7) is 4.79. The fourth-order valence-electron chi connectivity index (χ4n) is 3.59. The van der Waals surface area contributed by atoms with Crippen molar-refractivity contribution in [1.29, 1.82) is 0 Å². The van der Waals surface area contributed by atoms with Gasteiger partial charge in [-0.3, -0.25) is 4.79 Å². The Labute approximate surface area is 180 Å². The largest absolute Gasteiger partial charge is 0.303 e. The number of sulfonamides is 1. The molecule has 0 aromatic heterocycles. The Morgan fingerprint density at radius 2 is 1.69 bits per heavy atom. The average Bonchev–Trinajstić information content (AvgIpc) is 3.21. The summed E-state index contributed by atoms with van der Waals surface area (Å²) in [5, 5.41) is 0. The normalized spacial score (nSPS) is 15.6. The molecule has 0 radical (unpaired) electrons. The van der Waals surface area contributed by atoms with Gasteiger partial charge in [0.25, 0.3) is 0 Å². The van der Waals surface area contributed by atoms with Crippen molar-refractivity contribution in [3.05, 3.63) is 71.3 Å². The lowest BCUT2D eigenvalue weighted by Gasteiger charge is -2.17. The molecule has 2 aromatic carbocycles. The molecule has 0 aliphatic carbocycles. The molecule has 2 aromatic rings.